The maximum atomic E-state index is 9.63. The third-order valence-corrected chi connectivity index (χ3v) is 4.31. The van der Waals surface area contributed by atoms with Crippen molar-refractivity contribution in [3.05, 3.63) is 51.7 Å². The Balaban J connectivity index is 1.76. The number of rotatable bonds is 3. The lowest BCUT2D eigenvalue weighted by atomic mass is 9.87. The van der Waals surface area contributed by atoms with E-state index < -0.39 is 0 Å². The van der Waals surface area contributed by atoms with E-state index in [1.807, 2.05) is 6.07 Å². The molecule has 1 aromatic carbocycles. The van der Waals surface area contributed by atoms with E-state index in [1.54, 1.807) is 17.4 Å². The first-order chi connectivity index (χ1) is 8.83. The maximum Gasteiger partial charge on any atom is 0.115 e. The summed E-state index contributed by atoms with van der Waals surface area (Å²) in [6.45, 7) is 0.906. The van der Waals surface area contributed by atoms with Crippen LogP contribution in [0.5, 0.6) is 5.75 Å². The van der Waals surface area contributed by atoms with Crippen molar-refractivity contribution in [1.29, 1.82) is 0 Å². The fraction of sp³-hybridized carbons (Fsp3) is 0.333. The Morgan fingerprint density at radius 1 is 1.33 bits per heavy atom. The fourth-order valence-electron chi connectivity index (χ4n) is 2.63. The number of aryl methyl sites for hydroxylation is 1. The standard InChI is InChI=1S/C15H17NOS/c17-13-5-4-12-2-1-3-15(14(12)8-13)16-9-11-6-7-18-10-11/h4-8,10,15-17H,1-3,9H2. The van der Waals surface area contributed by atoms with Crippen LogP contribution in [0.4, 0.5) is 0 Å². The van der Waals surface area contributed by atoms with Gasteiger partial charge in [0.1, 0.15) is 5.75 Å². The largest absolute Gasteiger partial charge is 0.508 e. The highest BCUT2D eigenvalue weighted by Gasteiger charge is 2.19. The van der Waals surface area contributed by atoms with Crippen LogP contribution in [0.25, 0.3) is 0 Å². The molecule has 1 heterocycles. The first kappa shape index (κ1) is 11.8. The van der Waals surface area contributed by atoms with Crippen LogP contribution in [0.2, 0.25) is 0 Å². The molecule has 0 saturated carbocycles. The molecule has 1 unspecified atom stereocenters. The molecule has 0 radical (unpaired) electrons. The van der Waals surface area contributed by atoms with E-state index in [2.05, 4.69) is 28.2 Å². The van der Waals surface area contributed by atoms with Crippen LogP contribution in [0.15, 0.2) is 35.0 Å². The first-order valence-corrected chi connectivity index (χ1v) is 7.33. The molecule has 1 aromatic heterocycles. The van der Waals surface area contributed by atoms with Crippen molar-refractivity contribution in [2.75, 3.05) is 0 Å². The van der Waals surface area contributed by atoms with Crippen molar-refractivity contribution in [3.8, 4) is 5.75 Å². The predicted octanol–water partition coefficient (Wildman–Crippen LogP) is 3.62. The van der Waals surface area contributed by atoms with Gasteiger partial charge in [0.2, 0.25) is 0 Å². The Morgan fingerprint density at radius 3 is 3.11 bits per heavy atom. The zero-order chi connectivity index (χ0) is 12.4. The van der Waals surface area contributed by atoms with E-state index >= 15 is 0 Å². The zero-order valence-corrected chi connectivity index (χ0v) is 11.0. The molecule has 3 heteroatoms. The molecule has 2 N–H and O–H groups in total. The quantitative estimate of drug-likeness (QED) is 0.882. The number of thiophene rings is 1. The summed E-state index contributed by atoms with van der Waals surface area (Å²) in [6, 6.07) is 8.30. The van der Waals surface area contributed by atoms with Crippen molar-refractivity contribution >= 4 is 11.3 Å². The summed E-state index contributed by atoms with van der Waals surface area (Å²) in [7, 11) is 0. The average molecular weight is 259 g/mol. The van der Waals surface area contributed by atoms with Gasteiger partial charge in [0.15, 0.2) is 0 Å². The van der Waals surface area contributed by atoms with Gasteiger partial charge in [-0.05, 0) is 64.9 Å². The van der Waals surface area contributed by atoms with Gasteiger partial charge in [0.25, 0.3) is 0 Å². The molecule has 18 heavy (non-hydrogen) atoms. The highest BCUT2D eigenvalue weighted by molar-refractivity contribution is 7.07. The molecule has 0 spiro atoms. The highest BCUT2D eigenvalue weighted by atomic mass is 32.1. The van der Waals surface area contributed by atoms with Crippen LogP contribution in [0, 0.1) is 0 Å². The Hall–Kier alpha value is -1.32. The molecule has 2 aromatic rings. The minimum atomic E-state index is 0.373. The Morgan fingerprint density at radius 2 is 2.28 bits per heavy atom. The van der Waals surface area contributed by atoms with Gasteiger partial charge in [0, 0.05) is 12.6 Å². The minimum Gasteiger partial charge on any atom is -0.508 e. The van der Waals surface area contributed by atoms with E-state index in [-0.39, 0.29) is 0 Å². The Labute approximate surface area is 111 Å². The molecule has 1 atom stereocenters. The summed E-state index contributed by atoms with van der Waals surface area (Å²) in [5.74, 6) is 0.373. The van der Waals surface area contributed by atoms with Gasteiger partial charge in [-0.1, -0.05) is 6.07 Å². The van der Waals surface area contributed by atoms with E-state index in [0.29, 0.717) is 11.8 Å². The lowest BCUT2D eigenvalue weighted by Gasteiger charge is -2.26. The van der Waals surface area contributed by atoms with Crippen LogP contribution in [-0.4, -0.2) is 5.11 Å². The molecular weight excluding hydrogens is 242 g/mol. The third kappa shape index (κ3) is 2.42. The molecule has 0 bridgehead atoms. The van der Waals surface area contributed by atoms with Gasteiger partial charge in [-0.15, -0.1) is 0 Å². The zero-order valence-electron chi connectivity index (χ0n) is 10.2. The van der Waals surface area contributed by atoms with E-state index in [9.17, 15) is 5.11 Å². The average Bonchev–Trinajstić information content (AvgIpc) is 2.89. The van der Waals surface area contributed by atoms with Gasteiger partial charge in [-0.3, -0.25) is 0 Å². The van der Waals surface area contributed by atoms with E-state index in [0.717, 1.165) is 19.4 Å². The molecule has 1 aliphatic rings. The van der Waals surface area contributed by atoms with Gasteiger partial charge in [0.05, 0.1) is 0 Å². The molecule has 0 aliphatic heterocycles. The summed E-state index contributed by atoms with van der Waals surface area (Å²) in [6.07, 6.45) is 3.51. The second-order valence-corrected chi connectivity index (χ2v) is 5.62. The molecule has 0 saturated heterocycles. The number of hydrogen-bond acceptors (Lipinski definition) is 3. The van der Waals surface area contributed by atoms with Crippen LogP contribution in [0.3, 0.4) is 0 Å². The van der Waals surface area contributed by atoms with Gasteiger partial charge >= 0.3 is 0 Å². The van der Waals surface area contributed by atoms with Crippen molar-refractivity contribution in [1.82, 2.24) is 5.32 Å². The molecule has 0 amide bonds. The lowest BCUT2D eigenvalue weighted by Crippen LogP contribution is -2.24. The highest BCUT2D eigenvalue weighted by Crippen LogP contribution is 2.32. The lowest BCUT2D eigenvalue weighted by molar-refractivity contribution is 0.446. The van der Waals surface area contributed by atoms with Crippen LogP contribution >= 0.6 is 11.3 Å². The van der Waals surface area contributed by atoms with Crippen molar-refractivity contribution < 1.29 is 5.11 Å². The summed E-state index contributed by atoms with van der Waals surface area (Å²) in [4.78, 5) is 0. The first-order valence-electron chi connectivity index (χ1n) is 6.39. The predicted molar refractivity (Wildman–Crippen MR) is 74.9 cm³/mol. The molecule has 1 aliphatic carbocycles. The van der Waals surface area contributed by atoms with Crippen LogP contribution in [0.1, 0.15) is 35.6 Å². The van der Waals surface area contributed by atoms with Crippen molar-refractivity contribution in [2.24, 2.45) is 0 Å². The van der Waals surface area contributed by atoms with E-state index in [1.165, 1.54) is 23.1 Å². The smallest absolute Gasteiger partial charge is 0.115 e. The summed E-state index contributed by atoms with van der Waals surface area (Å²) in [5, 5.41) is 17.5. The minimum absolute atomic E-state index is 0.373. The van der Waals surface area contributed by atoms with Gasteiger partial charge < -0.3 is 10.4 Å². The summed E-state index contributed by atoms with van der Waals surface area (Å²) in [5.41, 5.74) is 3.99. The SMILES string of the molecule is Oc1ccc2c(c1)C(NCc1ccsc1)CCC2. The number of benzene rings is 1. The van der Waals surface area contributed by atoms with E-state index in [4.69, 9.17) is 0 Å². The second kappa shape index (κ2) is 5.12. The number of hydrogen-bond donors (Lipinski definition) is 2. The fourth-order valence-corrected chi connectivity index (χ4v) is 3.30. The Bertz CT molecular complexity index is 521. The van der Waals surface area contributed by atoms with Gasteiger partial charge in [-0.25, -0.2) is 0 Å². The maximum absolute atomic E-state index is 9.63. The monoisotopic (exact) mass is 259 g/mol. The normalized spacial score (nSPS) is 18.6. The molecule has 3 rings (SSSR count). The molecule has 2 nitrogen and oxygen atoms in total. The van der Waals surface area contributed by atoms with Crippen LogP contribution in [-0.2, 0) is 13.0 Å². The summed E-state index contributed by atoms with van der Waals surface area (Å²) < 4.78 is 0. The van der Waals surface area contributed by atoms with Crippen molar-refractivity contribution in [2.45, 2.75) is 31.8 Å². The molecule has 0 fully saturated rings. The number of phenolic OH excluding ortho intramolecular Hbond substituents is 1. The number of nitrogens with one attached hydrogen (secondary N) is 1. The van der Waals surface area contributed by atoms with Crippen LogP contribution < -0.4 is 5.32 Å². The van der Waals surface area contributed by atoms with Gasteiger partial charge in [-0.2, -0.15) is 11.3 Å². The van der Waals surface area contributed by atoms with Crippen molar-refractivity contribution in [3.63, 3.8) is 0 Å². The third-order valence-electron chi connectivity index (χ3n) is 3.58. The molecular formula is C15H17NOS. The molecule has 94 valence electrons. The number of fused-ring (bicyclic) bond motifs is 1. The Kier molecular flexibility index (Phi) is 3.35. The number of phenols is 1. The second-order valence-electron chi connectivity index (χ2n) is 4.84. The topological polar surface area (TPSA) is 32.3 Å². The number of aromatic hydroxyl groups is 1. The summed E-state index contributed by atoms with van der Waals surface area (Å²) >= 11 is 1.73.